The van der Waals surface area contributed by atoms with Crippen molar-refractivity contribution in [2.75, 3.05) is 13.7 Å². The predicted molar refractivity (Wildman–Crippen MR) is 131 cm³/mol. The number of rotatable bonds is 6. The first-order valence-corrected chi connectivity index (χ1v) is 11.7. The van der Waals surface area contributed by atoms with Crippen LogP contribution in [-0.4, -0.2) is 35.2 Å². The van der Waals surface area contributed by atoms with Gasteiger partial charge in [-0.2, -0.15) is 0 Å². The van der Waals surface area contributed by atoms with Crippen molar-refractivity contribution in [3.05, 3.63) is 51.5 Å². The zero-order valence-electron chi connectivity index (χ0n) is 19.4. The molecule has 0 aliphatic heterocycles. The number of benzene rings is 1. The number of ether oxygens (including phenoxy) is 1. The molecule has 1 aliphatic carbocycles. The average molecular weight is 478 g/mol. The highest BCUT2D eigenvalue weighted by atomic mass is 35.5. The van der Waals surface area contributed by atoms with E-state index < -0.39 is 5.60 Å². The van der Waals surface area contributed by atoms with Crippen LogP contribution in [0.5, 0.6) is 0 Å². The fourth-order valence-electron chi connectivity index (χ4n) is 3.44. The minimum atomic E-state index is -0.515. The first-order chi connectivity index (χ1) is 15.3. The Morgan fingerprint density at radius 2 is 1.88 bits per heavy atom. The van der Waals surface area contributed by atoms with Gasteiger partial charge in [-0.1, -0.05) is 48.9 Å². The second kappa shape index (κ2) is 12.9. The van der Waals surface area contributed by atoms with E-state index in [4.69, 9.17) is 27.9 Å². The molecule has 1 fully saturated rings. The third kappa shape index (κ3) is 8.50. The van der Waals surface area contributed by atoms with Gasteiger partial charge in [-0.05, 0) is 74.7 Å². The van der Waals surface area contributed by atoms with Crippen LogP contribution >= 0.6 is 23.2 Å². The summed E-state index contributed by atoms with van der Waals surface area (Å²) in [4.78, 5) is 14.3. The van der Waals surface area contributed by atoms with E-state index in [1.807, 2.05) is 49.6 Å². The Morgan fingerprint density at radius 3 is 2.47 bits per heavy atom. The molecule has 1 N–H and O–H groups in total. The van der Waals surface area contributed by atoms with E-state index in [1.165, 1.54) is 32.1 Å². The van der Waals surface area contributed by atoms with E-state index in [2.05, 4.69) is 22.1 Å². The molecule has 1 aliphatic rings. The van der Waals surface area contributed by atoms with E-state index in [1.54, 1.807) is 7.11 Å². The Hall–Kier alpha value is -2.00. The van der Waals surface area contributed by atoms with Crippen LogP contribution in [0.3, 0.4) is 0 Å². The van der Waals surface area contributed by atoms with Crippen molar-refractivity contribution in [3.8, 4) is 11.8 Å². The van der Waals surface area contributed by atoms with Crippen molar-refractivity contribution in [2.45, 2.75) is 65.0 Å². The summed E-state index contributed by atoms with van der Waals surface area (Å²) < 4.78 is 7.21. The monoisotopic (exact) mass is 477 g/mol. The summed E-state index contributed by atoms with van der Waals surface area (Å²) >= 11 is 12.1. The molecule has 32 heavy (non-hydrogen) atoms. The van der Waals surface area contributed by atoms with Gasteiger partial charge in [0.15, 0.2) is 0 Å². The number of methoxy groups -OCH3 is 1. The summed E-state index contributed by atoms with van der Waals surface area (Å²) in [6.07, 6.45) is 7.50. The maximum atomic E-state index is 9.94. The number of carbonyl (C=O) groups excluding carboxylic acids is 1. The molecule has 1 heterocycles. The second-order valence-corrected chi connectivity index (χ2v) is 9.30. The predicted octanol–water partition coefficient (Wildman–Crippen LogP) is 5.64. The van der Waals surface area contributed by atoms with Gasteiger partial charge in [0.25, 0.3) is 0 Å². The molecule has 1 saturated carbocycles. The minimum absolute atomic E-state index is 0.423. The number of amides is 1. The lowest BCUT2D eigenvalue weighted by Crippen LogP contribution is -2.22. The molecule has 1 aromatic heterocycles. The number of aromatic nitrogens is 2. The largest absolute Gasteiger partial charge is 0.366 e. The number of carbonyl (C=O) groups is 1. The van der Waals surface area contributed by atoms with Crippen LogP contribution in [0.2, 0.25) is 10.3 Å². The summed E-state index contributed by atoms with van der Waals surface area (Å²) in [7, 11) is 1.63. The van der Waals surface area contributed by atoms with Crippen LogP contribution in [0.1, 0.15) is 62.9 Å². The summed E-state index contributed by atoms with van der Waals surface area (Å²) in [5, 5.41) is 3.87. The van der Waals surface area contributed by atoms with Gasteiger partial charge in [0.05, 0.1) is 12.2 Å². The molecular weight excluding hydrogens is 445 g/mol. The quantitative estimate of drug-likeness (QED) is 0.432. The van der Waals surface area contributed by atoms with Gasteiger partial charge in [0.2, 0.25) is 11.7 Å². The second-order valence-electron chi connectivity index (χ2n) is 8.52. The fourth-order valence-corrected chi connectivity index (χ4v) is 3.84. The van der Waals surface area contributed by atoms with Crippen molar-refractivity contribution in [2.24, 2.45) is 5.92 Å². The smallest absolute Gasteiger partial charge is 0.207 e. The number of hydrogen-bond acceptors (Lipinski definition) is 3. The lowest BCUT2D eigenvalue weighted by molar-refractivity contribution is -0.109. The van der Waals surface area contributed by atoms with Gasteiger partial charge in [-0.3, -0.25) is 4.79 Å². The van der Waals surface area contributed by atoms with Crippen molar-refractivity contribution in [1.29, 1.82) is 0 Å². The van der Waals surface area contributed by atoms with Gasteiger partial charge >= 0.3 is 0 Å². The molecule has 5 nitrogen and oxygen atoms in total. The Bertz CT molecular complexity index is 921. The summed E-state index contributed by atoms with van der Waals surface area (Å²) in [5.41, 5.74) is 2.19. The molecule has 7 heteroatoms. The maximum Gasteiger partial charge on any atom is 0.207 e. The van der Waals surface area contributed by atoms with Crippen molar-refractivity contribution in [1.82, 2.24) is 14.9 Å². The Kier molecular flexibility index (Phi) is 10.6. The van der Waals surface area contributed by atoms with Crippen LogP contribution in [0.15, 0.2) is 24.3 Å². The third-order valence-electron chi connectivity index (χ3n) is 5.64. The Morgan fingerprint density at radius 1 is 1.22 bits per heavy atom. The number of halogens is 2. The molecule has 0 atom stereocenters. The SMILES string of the molecule is COC(C)(C)C#Cc1nc(Cl)n(Cc2ccc(Cl)cc2)c1C.O=CNCC1CCCCC1. The van der Waals surface area contributed by atoms with Crippen molar-refractivity contribution < 1.29 is 9.53 Å². The molecule has 0 saturated heterocycles. The van der Waals surface area contributed by atoms with Gasteiger partial charge in [-0.25, -0.2) is 4.98 Å². The van der Waals surface area contributed by atoms with E-state index in [0.29, 0.717) is 22.5 Å². The topological polar surface area (TPSA) is 56.2 Å². The fraction of sp³-hybridized carbons (Fsp3) is 0.520. The van der Waals surface area contributed by atoms with Crippen LogP contribution in [0.4, 0.5) is 0 Å². The van der Waals surface area contributed by atoms with Crippen molar-refractivity contribution >= 4 is 29.6 Å². The van der Waals surface area contributed by atoms with Crippen LogP contribution in [-0.2, 0) is 16.1 Å². The lowest BCUT2D eigenvalue weighted by atomic mass is 9.89. The van der Waals surface area contributed by atoms with E-state index >= 15 is 0 Å². The zero-order chi connectivity index (χ0) is 23.6. The number of nitrogens with one attached hydrogen (secondary N) is 1. The average Bonchev–Trinajstić information content (AvgIpc) is 3.06. The van der Waals surface area contributed by atoms with Crippen LogP contribution in [0, 0.1) is 24.7 Å². The standard InChI is InChI=1S/C17H18Cl2N2O.C8H15NO/c1-12-15(9-10-17(2,3)22-4)20-16(19)21(12)11-13-5-7-14(18)8-6-13;10-7-9-6-8-4-2-1-3-5-8/h5-8H,11H2,1-4H3;7-8H,1-6H2,(H,9,10). The Labute approximate surface area is 201 Å². The normalized spacial score (nSPS) is 14.1. The molecule has 3 rings (SSSR count). The van der Waals surface area contributed by atoms with Gasteiger partial charge in [0.1, 0.15) is 11.3 Å². The summed E-state index contributed by atoms with van der Waals surface area (Å²) in [6.45, 7) is 7.29. The highest BCUT2D eigenvalue weighted by Gasteiger charge is 2.14. The maximum absolute atomic E-state index is 9.94. The first-order valence-electron chi connectivity index (χ1n) is 11.0. The van der Waals surface area contributed by atoms with E-state index in [9.17, 15) is 4.79 Å². The van der Waals surface area contributed by atoms with Crippen molar-refractivity contribution in [3.63, 3.8) is 0 Å². The molecule has 1 amide bonds. The summed E-state index contributed by atoms with van der Waals surface area (Å²) in [6, 6.07) is 7.66. The van der Waals surface area contributed by atoms with E-state index in [-0.39, 0.29) is 0 Å². The number of nitrogens with zero attached hydrogens (tertiary/aromatic N) is 2. The lowest BCUT2D eigenvalue weighted by Gasteiger charge is -2.20. The molecule has 0 spiro atoms. The van der Waals surface area contributed by atoms with Crippen LogP contribution < -0.4 is 5.32 Å². The van der Waals surface area contributed by atoms with Crippen LogP contribution in [0.25, 0.3) is 0 Å². The highest BCUT2D eigenvalue weighted by Crippen LogP contribution is 2.22. The molecular formula is C25H33Cl2N3O2. The highest BCUT2D eigenvalue weighted by molar-refractivity contribution is 6.30. The van der Waals surface area contributed by atoms with E-state index in [0.717, 1.165) is 30.1 Å². The molecule has 0 radical (unpaired) electrons. The van der Waals surface area contributed by atoms with Gasteiger partial charge in [0, 0.05) is 18.7 Å². The summed E-state index contributed by atoms with van der Waals surface area (Å²) in [5.74, 6) is 6.86. The zero-order valence-corrected chi connectivity index (χ0v) is 20.9. The first kappa shape index (κ1) is 26.3. The molecule has 0 unspecified atom stereocenters. The molecule has 0 bridgehead atoms. The molecule has 174 valence electrons. The van der Waals surface area contributed by atoms with Gasteiger partial charge < -0.3 is 14.6 Å². The molecule has 1 aromatic carbocycles. The third-order valence-corrected chi connectivity index (χ3v) is 6.18. The Balaban J connectivity index is 0.000000303. The number of imidazole rings is 1. The molecule has 2 aromatic rings. The van der Waals surface area contributed by atoms with Gasteiger partial charge in [-0.15, -0.1) is 0 Å². The number of hydrogen-bond donors (Lipinski definition) is 1. The minimum Gasteiger partial charge on any atom is -0.366 e.